The standard InChI is InChI=1S/C13H21NO5S/c1-13(2,3)19-10(15)7-8(12(17)18)14-11(16)9-5-4-6-20-9/h8-9H,4-7H2,1-3H3,(H,14,16)(H,17,18)/t8-,9?/m0/s1. The molecule has 1 saturated heterocycles. The minimum atomic E-state index is -1.24. The lowest BCUT2D eigenvalue weighted by Crippen LogP contribution is -2.46. The van der Waals surface area contributed by atoms with Crippen LogP contribution in [0.5, 0.6) is 0 Å². The van der Waals surface area contributed by atoms with E-state index in [2.05, 4.69) is 5.32 Å². The van der Waals surface area contributed by atoms with Crippen molar-refractivity contribution in [3.05, 3.63) is 0 Å². The zero-order valence-electron chi connectivity index (χ0n) is 12.0. The number of esters is 1. The summed E-state index contributed by atoms with van der Waals surface area (Å²) in [5.74, 6) is -1.28. The van der Waals surface area contributed by atoms with Gasteiger partial charge in [0.1, 0.15) is 11.6 Å². The van der Waals surface area contributed by atoms with Crippen LogP contribution in [0.25, 0.3) is 0 Å². The first-order chi connectivity index (χ1) is 9.19. The highest BCUT2D eigenvalue weighted by atomic mass is 32.2. The molecule has 0 aromatic carbocycles. The Morgan fingerprint density at radius 1 is 1.40 bits per heavy atom. The Kier molecular flexibility index (Phi) is 5.86. The number of rotatable bonds is 5. The number of hydrogen-bond acceptors (Lipinski definition) is 5. The number of carboxylic acids is 1. The van der Waals surface area contributed by atoms with Crippen LogP contribution in [-0.2, 0) is 19.1 Å². The van der Waals surface area contributed by atoms with Crippen LogP contribution in [0.15, 0.2) is 0 Å². The van der Waals surface area contributed by atoms with E-state index in [-0.39, 0.29) is 17.6 Å². The van der Waals surface area contributed by atoms with Crippen LogP contribution >= 0.6 is 11.8 Å². The highest BCUT2D eigenvalue weighted by molar-refractivity contribution is 8.00. The molecule has 1 amide bonds. The summed E-state index contributed by atoms with van der Waals surface area (Å²) in [6.45, 7) is 5.11. The highest BCUT2D eigenvalue weighted by Crippen LogP contribution is 2.26. The third kappa shape index (κ3) is 5.81. The van der Waals surface area contributed by atoms with Gasteiger partial charge in [-0.2, -0.15) is 0 Å². The van der Waals surface area contributed by atoms with E-state index in [0.717, 1.165) is 18.6 Å². The fraction of sp³-hybridized carbons (Fsp3) is 0.769. The summed E-state index contributed by atoms with van der Waals surface area (Å²) >= 11 is 1.51. The summed E-state index contributed by atoms with van der Waals surface area (Å²) in [7, 11) is 0. The molecule has 0 aromatic rings. The van der Waals surface area contributed by atoms with Gasteiger partial charge in [-0.25, -0.2) is 4.79 Å². The summed E-state index contributed by atoms with van der Waals surface area (Å²) in [6, 6.07) is -1.24. The number of carbonyl (C=O) groups is 3. The molecule has 2 N–H and O–H groups in total. The molecule has 1 aliphatic heterocycles. The Labute approximate surface area is 122 Å². The fourth-order valence-corrected chi connectivity index (χ4v) is 2.97. The van der Waals surface area contributed by atoms with E-state index in [4.69, 9.17) is 9.84 Å². The Hall–Kier alpha value is -1.24. The van der Waals surface area contributed by atoms with E-state index in [0.29, 0.717) is 0 Å². The summed E-state index contributed by atoms with van der Waals surface area (Å²) in [5, 5.41) is 11.3. The quantitative estimate of drug-likeness (QED) is 0.741. The van der Waals surface area contributed by atoms with Crippen molar-refractivity contribution in [3.63, 3.8) is 0 Å². The maximum Gasteiger partial charge on any atom is 0.326 e. The van der Waals surface area contributed by atoms with E-state index in [1.807, 2.05) is 0 Å². The SMILES string of the molecule is CC(C)(C)OC(=O)C[C@H](NC(=O)C1CCCS1)C(=O)O. The van der Waals surface area contributed by atoms with Crippen LogP contribution in [0.1, 0.15) is 40.0 Å². The monoisotopic (exact) mass is 303 g/mol. The van der Waals surface area contributed by atoms with Gasteiger partial charge in [-0.05, 0) is 39.4 Å². The fourth-order valence-electron chi connectivity index (χ4n) is 1.80. The molecule has 1 fully saturated rings. The van der Waals surface area contributed by atoms with E-state index >= 15 is 0 Å². The van der Waals surface area contributed by atoms with Crippen LogP contribution in [0, 0.1) is 0 Å². The zero-order valence-corrected chi connectivity index (χ0v) is 12.8. The predicted octanol–water partition coefficient (Wildman–Crippen LogP) is 1.18. The molecule has 0 radical (unpaired) electrons. The molecule has 0 spiro atoms. The van der Waals surface area contributed by atoms with Crippen LogP contribution < -0.4 is 5.32 Å². The Bertz CT molecular complexity index is 385. The molecule has 6 nitrogen and oxygen atoms in total. The van der Waals surface area contributed by atoms with Crippen molar-refractivity contribution in [2.45, 2.75) is 56.9 Å². The molecule has 2 atom stereocenters. The second kappa shape index (κ2) is 6.97. The molecule has 1 aliphatic rings. The maximum absolute atomic E-state index is 11.9. The minimum absolute atomic E-state index is 0.213. The number of thioether (sulfide) groups is 1. The van der Waals surface area contributed by atoms with E-state index in [1.54, 1.807) is 20.8 Å². The number of hydrogen-bond donors (Lipinski definition) is 2. The minimum Gasteiger partial charge on any atom is -0.480 e. The molecule has 114 valence electrons. The first-order valence-corrected chi connectivity index (χ1v) is 7.60. The van der Waals surface area contributed by atoms with Gasteiger partial charge in [0, 0.05) is 0 Å². The summed E-state index contributed by atoms with van der Waals surface area (Å²) in [4.78, 5) is 34.6. The normalized spacial score (nSPS) is 20.2. The Balaban J connectivity index is 2.54. The number of ether oxygens (including phenoxy) is 1. The largest absolute Gasteiger partial charge is 0.480 e. The van der Waals surface area contributed by atoms with Crippen molar-refractivity contribution >= 4 is 29.6 Å². The maximum atomic E-state index is 11.9. The lowest BCUT2D eigenvalue weighted by molar-refractivity contribution is -0.158. The first kappa shape index (κ1) is 16.8. The lowest BCUT2D eigenvalue weighted by atomic mass is 10.1. The molecule has 0 aromatic heterocycles. The van der Waals surface area contributed by atoms with Gasteiger partial charge in [-0.15, -0.1) is 11.8 Å². The molecule has 20 heavy (non-hydrogen) atoms. The van der Waals surface area contributed by atoms with Gasteiger partial charge in [0.25, 0.3) is 0 Å². The van der Waals surface area contributed by atoms with Gasteiger partial charge in [0.05, 0.1) is 11.7 Å². The average molecular weight is 303 g/mol. The van der Waals surface area contributed by atoms with Crippen LogP contribution in [0.3, 0.4) is 0 Å². The van der Waals surface area contributed by atoms with Crippen LogP contribution in [0.4, 0.5) is 0 Å². The van der Waals surface area contributed by atoms with Gasteiger partial charge in [0.15, 0.2) is 0 Å². The number of carboxylic acid groups (broad SMARTS) is 1. The lowest BCUT2D eigenvalue weighted by Gasteiger charge is -2.22. The Morgan fingerprint density at radius 2 is 2.05 bits per heavy atom. The molecule has 1 heterocycles. The molecule has 0 saturated carbocycles. The number of amides is 1. The van der Waals surface area contributed by atoms with Crippen molar-refractivity contribution in [3.8, 4) is 0 Å². The number of aliphatic carboxylic acids is 1. The molecule has 1 rings (SSSR count). The van der Waals surface area contributed by atoms with Gasteiger partial charge in [0.2, 0.25) is 5.91 Å². The number of nitrogens with one attached hydrogen (secondary N) is 1. The molecule has 0 aliphatic carbocycles. The summed E-state index contributed by atoms with van der Waals surface area (Å²) in [5.41, 5.74) is -0.675. The van der Waals surface area contributed by atoms with E-state index in [9.17, 15) is 14.4 Å². The summed E-state index contributed by atoms with van der Waals surface area (Å²) in [6.07, 6.45) is 1.33. The van der Waals surface area contributed by atoms with Crippen molar-refractivity contribution in [1.82, 2.24) is 5.32 Å². The van der Waals surface area contributed by atoms with E-state index in [1.165, 1.54) is 11.8 Å². The first-order valence-electron chi connectivity index (χ1n) is 6.55. The van der Waals surface area contributed by atoms with Crippen LogP contribution in [0.2, 0.25) is 0 Å². The molecular weight excluding hydrogens is 282 g/mol. The molecule has 1 unspecified atom stereocenters. The van der Waals surface area contributed by atoms with E-state index < -0.39 is 23.6 Å². The topological polar surface area (TPSA) is 92.7 Å². The van der Waals surface area contributed by atoms with Crippen molar-refractivity contribution < 1.29 is 24.2 Å². The third-order valence-corrected chi connectivity index (χ3v) is 4.00. The highest BCUT2D eigenvalue weighted by Gasteiger charge is 2.30. The number of carbonyl (C=O) groups excluding carboxylic acids is 2. The van der Waals surface area contributed by atoms with Gasteiger partial charge in [-0.3, -0.25) is 9.59 Å². The summed E-state index contributed by atoms with van der Waals surface area (Å²) < 4.78 is 5.07. The van der Waals surface area contributed by atoms with Crippen molar-refractivity contribution in [2.75, 3.05) is 5.75 Å². The van der Waals surface area contributed by atoms with Gasteiger partial charge < -0.3 is 15.2 Å². The molecular formula is C13H21NO5S. The molecule has 0 bridgehead atoms. The molecule has 7 heteroatoms. The third-order valence-electron chi connectivity index (χ3n) is 2.63. The second-order valence-corrected chi connectivity index (χ2v) is 7.00. The Morgan fingerprint density at radius 3 is 2.50 bits per heavy atom. The van der Waals surface area contributed by atoms with Gasteiger partial charge in [-0.1, -0.05) is 0 Å². The van der Waals surface area contributed by atoms with Gasteiger partial charge >= 0.3 is 11.9 Å². The van der Waals surface area contributed by atoms with Crippen molar-refractivity contribution in [2.24, 2.45) is 0 Å². The zero-order chi connectivity index (χ0) is 15.3. The second-order valence-electron chi connectivity index (χ2n) is 5.69. The smallest absolute Gasteiger partial charge is 0.326 e. The van der Waals surface area contributed by atoms with Crippen LogP contribution in [-0.4, -0.2) is 45.6 Å². The van der Waals surface area contributed by atoms with Crippen molar-refractivity contribution in [1.29, 1.82) is 0 Å². The predicted molar refractivity (Wildman–Crippen MR) is 75.5 cm³/mol. The average Bonchev–Trinajstić information content (AvgIpc) is 2.78.